The number of ether oxygens (including phenoxy) is 4. The van der Waals surface area contributed by atoms with Gasteiger partial charge in [0.25, 0.3) is 0 Å². The molecule has 0 bridgehead atoms. The maximum atomic E-state index is 6.04. The van der Waals surface area contributed by atoms with E-state index in [0.29, 0.717) is 6.61 Å². The number of hydrogen-bond donors (Lipinski definition) is 1. The van der Waals surface area contributed by atoms with Crippen LogP contribution >= 0.6 is 24.0 Å². The summed E-state index contributed by atoms with van der Waals surface area (Å²) in [5.41, 5.74) is 1.38. The molecule has 7 nitrogen and oxygen atoms in total. The lowest BCUT2D eigenvalue weighted by molar-refractivity contribution is -0.0817. The van der Waals surface area contributed by atoms with Crippen molar-refractivity contribution in [1.82, 2.24) is 10.2 Å². The zero-order valence-electron chi connectivity index (χ0n) is 20.3. The predicted octanol–water partition coefficient (Wildman–Crippen LogP) is 3.98. The lowest BCUT2D eigenvalue weighted by atomic mass is 9.69. The molecule has 0 spiro atoms. The summed E-state index contributed by atoms with van der Waals surface area (Å²) in [5, 5.41) is 3.73. The molecule has 1 N–H and O–H groups in total. The van der Waals surface area contributed by atoms with Crippen LogP contribution < -0.4 is 14.8 Å². The fourth-order valence-corrected chi connectivity index (χ4v) is 5.53. The first-order valence-electron chi connectivity index (χ1n) is 12.1. The second kappa shape index (κ2) is 12.4. The summed E-state index contributed by atoms with van der Waals surface area (Å²) in [6.45, 7) is 4.11. The molecule has 1 aliphatic carbocycles. The number of morpholine rings is 1. The Bertz CT molecular complexity index is 779. The molecule has 4 rings (SSSR count). The molecule has 2 aliphatic heterocycles. The van der Waals surface area contributed by atoms with Crippen LogP contribution in [0.15, 0.2) is 23.2 Å². The van der Waals surface area contributed by atoms with Crippen molar-refractivity contribution in [2.75, 3.05) is 54.1 Å². The lowest BCUT2D eigenvalue weighted by Crippen LogP contribution is -2.55. The summed E-state index contributed by atoms with van der Waals surface area (Å²) in [4.78, 5) is 6.97. The summed E-state index contributed by atoms with van der Waals surface area (Å²) in [7, 11) is 5.27. The number of benzene rings is 1. The molecule has 186 valence electrons. The van der Waals surface area contributed by atoms with Gasteiger partial charge < -0.3 is 29.2 Å². The van der Waals surface area contributed by atoms with E-state index in [2.05, 4.69) is 27.3 Å². The van der Waals surface area contributed by atoms with E-state index in [0.717, 1.165) is 69.4 Å². The third-order valence-electron chi connectivity index (χ3n) is 7.38. The highest BCUT2D eigenvalue weighted by Crippen LogP contribution is 2.42. The van der Waals surface area contributed by atoms with Crippen LogP contribution in [-0.4, -0.2) is 77.2 Å². The van der Waals surface area contributed by atoms with Gasteiger partial charge in [-0.2, -0.15) is 0 Å². The highest BCUT2D eigenvalue weighted by Gasteiger charge is 2.36. The number of nitrogens with one attached hydrogen (secondary N) is 1. The van der Waals surface area contributed by atoms with Gasteiger partial charge in [0.1, 0.15) is 6.10 Å². The van der Waals surface area contributed by atoms with E-state index in [9.17, 15) is 0 Å². The van der Waals surface area contributed by atoms with Crippen molar-refractivity contribution >= 4 is 29.9 Å². The highest BCUT2D eigenvalue weighted by atomic mass is 127. The van der Waals surface area contributed by atoms with Crippen LogP contribution in [0.1, 0.15) is 50.5 Å². The van der Waals surface area contributed by atoms with Crippen LogP contribution in [0.3, 0.4) is 0 Å². The standard InChI is InChI=1S/C25H39N3O4.HI/c1-26-24(28-13-15-32-23(17-28)21-8-7-14-31-21)27-18-25(11-5-4-6-12-25)19-9-10-20(29-2)22(16-19)30-3;/h9-10,16,21,23H,4-8,11-15,17-18H2,1-3H3,(H,26,27);1H. The van der Waals surface area contributed by atoms with Crippen LogP contribution in [0.2, 0.25) is 0 Å². The third kappa shape index (κ3) is 6.06. The molecule has 2 heterocycles. The zero-order valence-corrected chi connectivity index (χ0v) is 22.6. The maximum absolute atomic E-state index is 6.04. The monoisotopic (exact) mass is 573 g/mol. The average Bonchev–Trinajstić information content (AvgIpc) is 3.40. The normalized spacial score (nSPS) is 25.3. The molecule has 0 amide bonds. The predicted molar refractivity (Wildman–Crippen MR) is 141 cm³/mol. The minimum Gasteiger partial charge on any atom is -0.493 e. The molecular formula is C25H40IN3O4. The van der Waals surface area contributed by atoms with Crippen LogP contribution in [0.4, 0.5) is 0 Å². The van der Waals surface area contributed by atoms with Crippen molar-refractivity contribution in [2.24, 2.45) is 4.99 Å². The van der Waals surface area contributed by atoms with Gasteiger partial charge in [-0.25, -0.2) is 0 Å². The Balaban J connectivity index is 0.00000306. The molecule has 1 aromatic carbocycles. The SMILES string of the molecule is CN=C(NCC1(c2ccc(OC)c(OC)c2)CCCCC1)N1CCOC(C2CCCO2)C1.I. The van der Waals surface area contributed by atoms with E-state index >= 15 is 0 Å². The van der Waals surface area contributed by atoms with Gasteiger partial charge >= 0.3 is 0 Å². The number of halogens is 1. The molecule has 0 aromatic heterocycles. The van der Waals surface area contributed by atoms with Gasteiger partial charge in [-0.05, 0) is 43.4 Å². The van der Waals surface area contributed by atoms with Gasteiger partial charge in [0.05, 0.1) is 26.9 Å². The summed E-state index contributed by atoms with van der Waals surface area (Å²) < 4.78 is 23.0. The number of methoxy groups -OCH3 is 2. The van der Waals surface area contributed by atoms with Crippen LogP contribution in [0.25, 0.3) is 0 Å². The van der Waals surface area contributed by atoms with Crippen LogP contribution in [0, 0.1) is 0 Å². The Labute approximate surface area is 215 Å². The Morgan fingerprint density at radius 2 is 1.82 bits per heavy atom. The van der Waals surface area contributed by atoms with Gasteiger partial charge in [0, 0.05) is 38.7 Å². The first-order chi connectivity index (χ1) is 15.7. The fraction of sp³-hybridized carbons (Fsp3) is 0.720. The van der Waals surface area contributed by atoms with Gasteiger partial charge in [0.2, 0.25) is 0 Å². The van der Waals surface area contributed by atoms with Crippen LogP contribution in [-0.2, 0) is 14.9 Å². The molecule has 1 aromatic rings. The summed E-state index contributed by atoms with van der Waals surface area (Å²) in [6, 6.07) is 6.41. The van der Waals surface area contributed by atoms with Crippen molar-refractivity contribution in [1.29, 1.82) is 0 Å². The summed E-state index contributed by atoms with van der Waals surface area (Å²) in [6.07, 6.45) is 8.67. The minimum absolute atomic E-state index is 0. The lowest BCUT2D eigenvalue weighted by Gasteiger charge is -2.41. The van der Waals surface area contributed by atoms with Crippen LogP contribution in [0.5, 0.6) is 11.5 Å². The minimum atomic E-state index is 0. The molecule has 2 atom stereocenters. The number of rotatable bonds is 6. The topological polar surface area (TPSA) is 64.6 Å². The molecule has 33 heavy (non-hydrogen) atoms. The van der Waals surface area contributed by atoms with E-state index in [1.807, 2.05) is 13.1 Å². The quantitative estimate of drug-likeness (QED) is 0.316. The van der Waals surface area contributed by atoms with E-state index in [1.54, 1.807) is 14.2 Å². The highest BCUT2D eigenvalue weighted by molar-refractivity contribution is 14.0. The van der Waals surface area contributed by atoms with E-state index < -0.39 is 0 Å². The summed E-state index contributed by atoms with van der Waals surface area (Å²) >= 11 is 0. The van der Waals surface area contributed by atoms with Crippen molar-refractivity contribution < 1.29 is 18.9 Å². The van der Waals surface area contributed by atoms with Gasteiger partial charge in [-0.15, -0.1) is 24.0 Å². The number of guanidine groups is 1. The van der Waals surface area contributed by atoms with E-state index in [4.69, 9.17) is 18.9 Å². The molecule has 8 heteroatoms. The molecule has 2 unspecified atom stereocenters. The molecule has 1 saturated carbocycles. The summed E-state index contributed by atoms with van der Waals surface area (Å²) in [5.74, 6) is 2.54. The third-order valence-corrected chi connectivity index (χ3v) is 7.38. The Kier molecular flexibility index (Phi) is 9.94. The fourth-order valence-electron chi connectivity index (χ4n) is 5.53. The van der Waals surface area contributed by atoms with Crippen molar-refractivity contribution in [3.63, 3.8) is 0 Å². The Morgan fingerprint density at radius 3 is 2.48 bits per heavy atom. The van der Waals surface area contributed by atoms with Gasteiger partial charge in [-0.3, -0.25) is 4.99 Å². The van der Waals surface area contributed by atoms with Crippen molar-refractivity contribution in [3.05, 3.63) is 23.8 Å². The van der Waals surface area contributed by atoms with Crippen molar-refractivity contribution in [2.45, 2.75) is 62.6 Å². The van der Waals surface area contributed by atoms with Gasteiger partial charge in [-0.1, -0.05) is 25.3 Å². The Morgan fingerprint density at radius 1 is 1.06 bits per heavy atom. The molecular weight excluding hydrogens is 533 g/mol. The second-order valence-electron chi connectivity index (χ2n) is 9.22. The smallest absolute Gasteiger partial charge is 0.193 e. The number of hydrogen-bond acceptors (Lipinski definition) is 5. The van der Waals surface area contributed by atoms with Crippen molar-refractivity contribution in [3.8, 4) is 11.5 Å². The molecule has 3 aliphatic rings. The Hall–Kier alpha value is -1.26. The zero-order chi connectivity index (χ0) is 22.4. The second-order valence-corrected chi connectivity index (χ2v) is 9.22. The molecule has 3 fully saturated rings. The number of aliphatic imine (C=N–C) groups is 1. The first kappa shape index (κ1) is 26.3. The average molecular weight is 574 g/mol. The van der Waals surface area contributed by atoms with E-state index in [1.165, 1.54) is 24.8 Å². The largest absolute Gasteiger partial charge is 0.493 e. The molecule has 0 radical (unpaired) electrons. The maximum Gasteiger partial charge on any atom is 0.193 e. The van der Waals surface area contributed by atoms with Gasteiger partial charge in [0.15, 0.2) is 17.5 Å². The first-order valence-corrected chi connectivity index (χ1v) is 12.1. The molecule has 2 saturated heterocycles. The van der Waals surface area contributed by atoms with E-state index in [-0.39, 0.29) is 41.6 Å². The number of nitrogens with zero attached hydrogens (tertiary/aromatic N) is 2.